The first kappa shape index (κ1) is 18.4. The second kappa shape index (κ2) is 12.4. The summed E-state index contributed by atoms with van der Waals surface area (Å²) in [6, 6.07) is -0.113. The van der Waals surface area contributed by atoms with Gasteiger partial charge in [0.2, 0.25) is 0 Å². The molecular weight excluding hydrogens is 242 g/mol. The highest BCUT2D eigenvalue weighted by Gasteiger charge is 2.20. The third-order valence-electron chi connectivity index (χ3n) is 2.78. The molecule has 0 aliphatic heterocycles. The molecule has 4 nitrogen and oxygen atoms in total. The average molecular weight is 273 g/mol. The zero-order valence-electron chi connectivity index (χ0n) is 13.0. The molecule has 0 aromatic carbocycles. The Morgan fingerprint density at radius 3 is 2.37 bits per heavy atom. The topological polar surface area (TPSA) is 47.6 Å². The minimum atomic E-state index is -0.351. The Bertz CT molecular complexity index is 219. The Labute approximate surface area is 118 Å². The maximum atomic E-state index is 11.7. The molecule has 1 atom stereocenters. The zero-order valence-corrected chi connectivity index (χ0v) is 13.0. The molecule has 1 N–H and O–H groups in total. The zero-order chi connectivity index (χ0) is 14.5. The normalized spacial score (nSPS) is 12.7. The Morgan fingerprint density at radius 1 is 1.11 bits per heavy atom. The highest BCUT2D eigenvalue weighted by Crippen LogP contribution is 2.03. The van der Waals surface area contributed by atoms with Crippen LogP contribution in [0.4, 0.5) is 0 Å². The fourth-order valence-electron chi connectivity index (χ4n) is 1.84. The first-order chi connectivity index (χ1) is 9.11. The lowest BCUT2D eigenvalue weighted by atomic mass is 10.2. The summed E-state index contributed by atoms with van der Waals surface area (Å²) in [5.41, 5.74) is 0. The van der Waals surface area contributed by atoms with E-state index in [1.165, 1.54) is 25.7 Å². The van der Waals surface area contributed by atoms with Crippen LogP contribution in [0.1, 0.15) is 59.8 Å². The summed E-state index contributed by atoms with van der Waals surface area (Å²) in [7, 11) is 0. The third-order valence-corrected chi connectivity index (χ3v) is 2.78. The third kappa shape index (κ3) is 11.0. The Hall–Kier alpha value is -0.610. The molecule has 19 heavy (non-hydrogen) atoms. The van der Waals surface area contributed by atoms with E-state index in [0.717, 1.165) is 13.0 Å². The molecule has 1 unspecified atom stereocenters. The van der Waals surface area contributed by atoms with Crippen molar-refractivity contribution in [3.63, 3.8) is 0 Å². The summed E-state index contributed by atoms with van der Waals surface area (Å²) in [5, 5.41) is 3.18. The van der Waals surface area contributed by atoms with Crippen molar-refractivity contribution in [1.82, 2.24) is 5.32 Å². The lowest BCUT2D eigenvalue weighted by molar-refractivity contribution is -0.147. The van der Waals surface area contributed by atoms with Crippen LogP contribution in [0, 0.1) is 0 Å². The molecule has 0 bridgehead atoms. The number of carbonyl (C=O) groups excluding carboxylic acids is 1. The number of hydrogen-bond acceptors (Lipinski definition) is 4. The molecule has 0 saturated heterocycles. The monoisotopic (exact) mass is 273 g/mol. The molecule has 0 aliphatic carbocycles. The smallest absolute Gasteiger partial charge is 0.325 e. The van der Waals surface area contributed by atoms with Gasteiger partial charge in [0.1, 0.15) is 6.04 Å². The Balaban J connectivity index is 3.76. The molecule has 0 rings (SSSR count). The summed E-state index contributed by atoms with van der Waals surface area (Å²) in [4.78, 5) is 11.7. The van der Waals surface area contributed by atoms with E-state index in [0.29, 0.717) is 13.2 Å². The molecule has 0 amide bonds. The van der Waals surface area contributed by atoms with Crippen molar-refractivity contribution in [1.29, 1.82) is 0 Å². The largest absolute Gasteiger partial charge is 0.465 e. The fraction of sp³-hybridized carbons (Fsp3) is 0.933. The van der Waals surface area contributed by atoms with Crippen LogP contribution in [-0.4, -0.2) is 37.9 Å². The molecule has 0 aromatic rings. The van der Waals surface area contributed by atoms with E-state index >= 15 is 0 Å². The van der Waals surface area contributed by atoms with E-state index in [1.54, 1.807) is 0 Å². The second-order valence-electron chi connectivity index (χ2n) is 5.12. The maximum Gasteiger partial charge on any atom is 0.325 e. The molecule has 114 valence electrons. The van der Waals surface area contributed by atoms with Crippen molar-refractivity contribution in [2.75, 3.05) is 19.8 Å². The van der Waals surface area contributed by atoms with E-state index in [1.807, 2.05) is 20.8 Å². The van der Waals surface area contributed by atoms with Crippen LogP contribution in [0.15, 0.2) is 0 Å². The number of unbranched alkanes of at least 4 members (excludes halogenated alkanes) is 4. The molecule has 0 heterocycles. The van der Waals surface area contributed by atoms with Gasteiger partial charge in [0, 0.05) is 12.6 Å². The van der Waals surface area contributed by atoms with Gasteiger partial charge in [-0.25, -0.2) is 0 Å². The van der Waals surface area contributed by atoms with Crippen molar-refractivity contribution in [3.8, 4) is 0 Å². The van der Waals surface area contributed by atoms with Crippen molar-refractivity contribution in [2.45, 2.75) is 71.9 Å². The van der Waals surface area contributed by atoms with Crippen LogP contribution in [0.25, 0.3) is 0 Å². The minimum Gasteiger partial charge on any atom is -0.465 e. The van der Waals surface area contributed by atoms with Crippen LogP contribution >= 0.6 is 0 Å². The van der Waals surface area contributed by atoms with Gasteiger partial charge in [-0.05, 0) is 13.3 Å². The van der Waals surface area contributed by atoms with E-state index in [-0.39, 0.29) is 18.1 Å². The van der Waals surface area contributed by atoms with E-state index < -0.39 is 0 Å². The quantitative estimate of drug-likeness (QED) is 0.439. The minimum absolute atomic E-state index is 0.220. The van der Waals surface area contributed by atoms with Gasteiger partial charge >= 0.3 is 5.97 Å². The SMILES string of the molecule is CCCCCCCOCC(NC(C)C)C(=O)OCC. The lowest BCUT2D eigenvalue weighted by Gasteiger charge is -2.19. The van der Waals surface area contributed by atoms with E-state index in [9.17, 15) is 4.79 Å². The number of ether oxygens (including phenoxy) is 2. The molecular formula is C15H31NO3. The molecule has 0 radical (unpaired) electrons. The van der Waals surface area contributed by atoms with Gasteiger partial charge in [0.05, 0.1) is 13.2 Å². The Morgan fingerprint density at radius 2 is 1.79 bits per heavy atom. The van der Waals surface area contributed by atoms with Crippen molar-refractivity contribution in [2.24, 2.45) is 0 Å². The van der Waals surface area contributed by atoms with Gasteiger partial charge in [-0.1, -0.05) is 46.5 Å². The van der Waals surface area contributed by atoms with Crippen LogP contribution in [-0.2, 0) is 14.3 Å². The molecule has 0 aromatic heterocycles. The molecule has 0 aliphatic rings. The standard InChI is InChI=1S/C15H31NO3/c1-5-7-8-9-10-11-18-12-14(16-13(3)4)15(17)19-6-2/h13-14,16H,5-12H2,1-4H3. The van der Waals surface area contributed by atoms with Gasteiger partial charge in [-0.15, -0.1) is 0 Å². The van der Waals surface area contributed by atoms with Gasteiger partial charge in [0.15, 0.2) is 0 Å². The van der Waals surface area contributed by atoms with Crippen molar-refractivity contribution in [3.05, 3.63) is 0 Å². The molecule has 4 heteroatoms. The summed E-state index contributed by atoms with van der Waals surface area (Å²) >= 11 is 0. The molecule has 0 saturated carbocycles. The predicted octanol–water partition coefficient (Wildman–Crippen LogP) is 2.90. The van der Waals surface area contributed by atoms with Crippen molar-refractivity contribution < 1.29 is 14.3 Å². The maximum absolute atomic E-state index is 11.7. The van der Waals surface area contributed by atoms with Gasteiger partial charge in [0.25, 0.3) is 0 Å². The van der Waals surface area contributed by atoms with Gasteiger partial charge in [-0.3, -0.25) is 4.79 Å². The van der Waals surface area contributed by atoms with Gasteiger partial charge < -0.3 is 14.8 Å². The first-order valence-corrected chi connectivity index (χ1v) is 7.62. The fourth-order valence-corrected chi connectivity index (χ4v) is 1.84. The van der Waals surface area contributed by atoms with Crippen LogP contribution in [0.2, 0.25) is 0 Å². The van der Waals surface area contributed by atoms with Crippen LogP contribution < -0.4 is 5.32 Å². The Kier molecular flexibility index (Phi) is 12.0. The number of carbonyl (C=O) groups is 1. The van der Waals surface area contributed by atoms with Crippen molar-refractivity contribution >= 4 is 5.97 Å². The summed E-state index contributed by atoms with van der Waals surface area (Å²) in [5.74, 6) is -0.220. The summed E-state index contributed by atoms with van der Waals surface area (Å²) in [6.45, 7) is 9.57. The summed E-state index contributed by atoms with van der Waals surface area (Å²) in [6.07, 6.45) is 6.09. The predicted molar refractivity (Wildman–Crippen MR) is 78.3 cm³/mol. The molecule has 0 fully saturated rings. The van der Waals surface area contributed by atoms with E-state index in [4.69, 9.17) is 9.47 Å². The highest BCUT2D eigenvalue weighted by atomic mass is 16.5. The number of esters is 1. The summed E-state index contributed by atoms with van der Waals surface area (Å²) < 4.78 is 10.6. The lowest BCUT2D eigenvalue weighted by Crippen LogP contribution is -2.45. The van der Waals surface area contributed by atoms with Crippen LogP contribution in [0.3, 0.4) is 0 Å². The van der Waals surface area contributed by atoms with Gasteiger partial charge in [-0.2, -0.15) is 0 Å². The average Bonchev–Trinajstić information content (AvgIpc) is 2.36. The molecule has 0 spiro atoms. The highest BCUT2D eigenvalue weighted by molar-refractivity contribution is 5.75. The number of nitrogens with one attached hydrogen (secondary N) is 1. The first-order valence-electron chi connectivity index (χ1n) is 7.62. The number of hydrogen-bond donors (Lipinski definition) is 1. The van der Waals surface area contributed by atoms with E-state index in [2.05, 4.69) is 12.2 Å². The second-order valence-corrected chi connectivity index (χ2v) is 5.12. The number of rotatable bonds is 12. The van der Waals surface area contributed by atoms with Crippen LogP contribution in [0.5, 0.6) is 0 Å².